The van der Waals surface area contributed by atoms with Crippen molar-refractivity contribution in [1.29, 1.82) is 0 Å². The third kappa shape index (κ3) is 3.29. The van der Waals surface area contributed by atoms with Gasteiger partial charge in [-0.25, -0.2) is 9.67 Å². The molecule has 1 saturated carbocycles. The first-order valence-electron chi connectivity index (χ1n) is 8.83. The number of nitrogens with one attached hydrogen (secondary N) is 1. The SMILES string of the molecule is CCC(C)n1ncc2c(C(=O)NC3CCC(O)CC3)cc(C)nc21. The second kappa shape index (κ2) is 6.89. The van der Waals surface area contributed by atoms with Gasteiger partial charge in [-0.1, -0.05) is 6.92 Å². The summed E-state index contributed by atoms with van der Waals surface area (Å²) < 4.78 is 1.90. The van der Waals surface area contributed by atoms with Gasteiger partial charge >= 0.3 is 0 Å². The van der Waals surface area contributed by atoms with Crippen molar-refractivity contribution in [2.24, 2.45) is 0 Å². The predicted octanol–water partition coefficient (Wildman–Crippen LogP) is 2.74. The van der Waals surface area contributed by atoms with Crippen LogP contribution in [0, 0.1) is 6.92 Å². The van der Waals surface area contributed by atoms with Crippen molar-refractivity contribution in [2.75, 3.05) is 0 Å². The number of carbonyl (C=O) groups excluding carboxylic acids is 1. The lowest BCUT2D eigenvalue weighted by Crippen LogP contribution is -2.38. The van der Waals surface area contributed by atoms with E-state index in [4.69, 9.17) is 0 Å². The van der Waals surface area contributed by atoms with Crippen molar-refractivity contribution < 1.29 is 9.90 Å². The van der Waals surface area contributed by atoms with E-state index in [2.05, 4.69) is 29.2 Å². The minimum Gasteiger partial charge on any atom is -0.393 e. The normalized spacial score (nSPS) is 22.5. The van der Waals surface area contributed by atoms with Gasteiger partial charge in [0, 0.05) is 11.7 Å². The number of nitrogens with zero attached hydrogens (tertiary/aromatic N) is 3. The largest absolute Gasteiger partial charge is 0.393 e. The Morgan fingerprint density at radius 3 is 2.79 bits per heavy atom. The van der Waals surface area contributed by atoms with E-state index >= 15 is 0 Å². The minimum absolute atomic E-state index is 0.0735. The number of aromatic nitrogens is 3. The van der Waals surface area contributed by atoms with E-state index in [1.165, 1.54) is 0 Å². The lowest BCUT2D eigenvalue weighted by molar-refractivity contribution is 0.0869. The molecule has 1 amide bonds. The topological polar surface area (TPSA) is 80.0 Å². The number of aryl methyl sites for hydroxylation is 1. The fourth-order valence-corrected chi connectivity index (χ4v) is 3.31. The summed E-state index contributed by atoms with van der Waals surface area (Å²) >= 11 is 0. The molecule has 6 heteroatoms. The van der Waals surface area contributed by atoms with Crippen LogP contribution in [0.15, 0.2) is 12.3 Å². The Balaban J connectivity index is 1.88. The summed E-state index contributed by atoms with van der Waals surface area (Å²) in [4.78, 5) is 17.4. The highest BCUT2D eigenvalue weighted by atomic mass is 16.3. The average Bonchev–Trinajstić information content (AvgIpc) is 2.99. The van der Waals surface area contributed by atoms with Crippen molar-refractivity contribution in [1.82, 2.24) is 20.1 Å². The van der Waals surface area contributed by atoms with Crippen LogP contribution in [0.4, 0.5) is 0 Å². The highest BCUT2D eigenvalue weighted by Gasteiger charge is 2.23. The monoisotopic (exact) mass is 330 g/mol. The molecule has 0 aromatic carbocycles. The van der Waals surface area contributed by atoms with Crippen molar-refractivity contribution >= 4 is 16.9 Å². The van der Waals surface area contributed by atoms with Crippen molar-refractivity contribution in [3.8, 4) is 0 Å². The quantitative estimate of drug-likeness (QED) is 0.903. The highest BCUT2D eigenvalue weighted by Crippen LogP contribution is 2.23. The molecule has 24 heavy (non-hydrogen) atoms. The minimum atomic E-state index is -0.221. The van der Waals surface area contributed by atoms with Crippen LogP contribution in [-0.4, -0.2) is 37.9 Å². The fraction of sp³-hybridized carbons (Fsp3) is 0.611. The number of rotatable bonds is 4. The molecular formula is C18H26N4O2. The van der Waals surface area contributed by atoms with Crippen LogP contribution < -0.4 is 5.32 Å². The molecule has 2 aromatic heterocycles. The van der Waals surface area contributed by atoms with Gasteiger partial charge in [0.25, 0.3) is 5.91 Å². The molecule has 0 radical (unpaired) electrons. The molecule has 3 rings (SSSR count). The Kier molecular flexibility index (Phi) is 4.85. The van der Waals surface area contributed by atoms with Gasteiger partial charge in [-0.2, -0.15) is 5.10 Å². The Morgan fingerprint density at radius 2 is 2.12 bits per heavy atom. The van der Waals surface area contributed by atoms with Crippen LogP contribution in [0.5, 0.6) is 0 Å². The zero-order valence-electron chi connectivity index (χ0n) is 14.6. The van der Waals surface area contributed by atoms with E-state index in [0.717, 1.165) is 48.8 Å². The Morgan fingerprint density at radius 1 is 1.42 bits per heavy atom. The molecule has 6 nitrogen and oxygen atoms in total. The van der Waals surface area contributed by atoms with Gasteiger partial charge < -0.3 is 10.4 Å². The Hall–Kier alpha value is -1.95. The fourth-order valence-electron chi connectivity index (χ4n) is 3.31. The van der Waals surface area contributed by atoms with Crippen LogP contribution in [0.25, 0.3) is 11.0 Å². The van der Waals surface area contributed by atoms with Gasteiger partial charge in [-0.3, -0.25) is 4.79 Å². The Labute approximate surface area is 142 Å². The molecule has 1 fully saturated rings. The molecule has 2 heterocycles. The molecule has 130 valence electrons. The highest BCUT2D eigenvalue weighted by molar-refractivity contribution is 6.05. The zero-order valence-corrected chi connectivity index (χ0v) is 14.6. The first kappa shape index (κ1) is 16.9. The van der Waals surface area contributed by atoms with E-state index in [1.807, 2.05) is 17.7 Å². The number of hydrogen-bond donors (Lipinski definition) is 2. The number of fused-ring (bicyclic) bond motifs is 1. The lowest BCUT2D eigenvalue weighted by atomic mass is 9.93. The van der Waals surface area contributed by atoms with Crippen molar-refractivity contribution in [3.05, 3.63) is 23.5 Å². The van der Waals surface area contributed by atoms with E-state index in [-0.39, 0.29) is 24.1 Å². The maximum absolute atomic E-state index is 12.8. The number of amides is 1. The summed E-state index contributed by atoms with van der Waals surface area (Å²) in [6, 6.07) is 2.21. The summed E-state index contributed by atoms with van der Waals surface area (Å²) in [6.07, 6.45) is 5.63. The van der Waals surface area contributed by atoms with Gasteiger partial charge in [0.1, 0.15) is 0 Å². The molecule has 1 aliphatic rings. The van der Waals surface area contributed by atoms with E-state index in [9.17, 15) is 9.90 Å². The van der Waals surface area contributed by atoms with Gasteiger partial charge in [0.2, 0.25) is 0 Å². The van der Waals surface area contributed by atoms with Crippen LogP contribution in [-0.2, 0) is 0 Å². The summed E-state index contributed by atoms with van der Waals surface area (Å²) in [7, 11) is 0. The summed E-state index contributed by atoms with van der Waals surface area (Å²) in [5.74, 6) is -0.0735. The third-order valence-electron chi connectivity index (χ3n) is 4.98. The molecule has 1 unspecified atom stereocenters. The maximum Gasteiger partial charge on any atom is 0.252 e. The van der Waals surface area contributed by atoms with Crippen LogP contribution in [0.3, 0.4) is 0 Å². The smallest absolute Gasteiger partial charge is 0.252 e. The molecular weight excluding hydrogens is 304 g/mol. The van der Waals surface area contributed by atoms with Crippen LogP contribution >= 0.6 is 0 Å². The first-order valence-corrected chi connectivity index (χ1v) is 8.83. The summed E-state index contributed by atoms with van der Waals surface area (Å²) in [5, 5.41) is 18.0. The van der Waals surface area contributed by atoms with Crippen molar-refractivity contribution in [3.63, 3.8) is 0 Å². The number of carbonyl (C=O) groups is 1. The van der Waals surface area contributed by atoms with E-state index in [0.29, 0.717) is 5.56 Å². The van der Waals surface area contributed by atoms with Crippen LogP contribution in [0.2, 0.25) is 0 Å². The van der Waals surface area contributed by atoms with E-state index < -0.39 is 0 Å². The van der Waals surface area contributed by atoms with Gasteiger partial charge in [-0.15, -0.1) is 0 Å². The molecule has 1 aliphatic carbocycles. The predicted molar refractivity (Wildman–Crippen MR) is 93.0 cm³/mol. The standard InChI is InChI=1S/C18H26N4O2/c1-4-12(3)22-17-16(10-19-22)15(9-11(2)20-17)18(24)21-13-5-7-14(23)8-6-13/h9-10,12-14,23H,4-8H2,1-3H3,(H,21,24). The zero-order chi connectivity index (χ0) is 17.3. The molecule has 0 spiro atoms. The number of hydrogen-bond acceptors (Lipinski definition) is 4. The van der Waals surface area contributed by atoms with E-state index in [1.54, 1.807) is 6.20 Å². The second-order valence-electron chi connectivity index (χ2n) is 6.87. The summed E-state index contributed by atoms with van der Waals surface area (Å²) in [6.45, 7) is 6.11. The number of aliphatic hydroxyl groups excluding tert-OH is 1. The van der Waals surface area contributed by atoms with Gasteiger partial charge in [0.15, 0.2) is 5.65 Å². The molecule has 2 aromatic rings. The molecule has 0 saturated heterocycles. The number of pyridine rings is 1. The van der Waals surface area contributed by atoms with Crippen molar-refractivity contribution in [2.45, 2.75) is 71.1 Å². The lowest BCUT2D eigenvalue weighted by Gasteiger charge is -2.26. The van der Waals surface area contributed by atoms with Gasteiger partial charge in [-0.05, 0) is 52.0 Å². The van der Waals surface area contributed by atoms with Gasteiger partial charge in [0.05, 0.1) is 29.3 Å². The molecule has 0 bridgehead atoms. The average molecular weight is 330 g/mol. The third-order valence-corrected chi connectivity index (χ3v) is 4.98. The van der Waals surface area contributed by atoms with Crippen LogP contribution in [0.1, 0.15) is 68.0 Å². The first-order chi connectivity index (χ1) is 11.5. The maximum atomic E-state index is 12.8. The number of aliphatic hydroxyl groups is 1. The molecule has 2 N–H and O–H groups in total. The summed E-state index contributed by atoms with van der Waals surface area (Å²) in [5.41, 5.74) is 2.23. The molecule has 0 aliphatic heterocycles. The second-order valence-corrected chi connectivity index (χ2v) is 6.87. The molecule has 1 atom stereocenters. The Bertz CT molecular complexity index is 732.